The lowest BCUT2D eigenvalue weighted by atomic mass is 10.1. The van der Waals surface area contributed by atoms with Gasteiger partial charge in [-0.2, -0.15) is 5.10 Å². The average molecular weight is 243 g/mol. The normalized spacial score (nSPS) is 10.1. The summed E-state index contributed by atoms with van der Waals surface area (Å²) in [6.45, 7) is 1.50. The molecule has 0 saturated carbocycles. The second kappa shape index (κ2) is 4.83. The molecule has 0 fully saturated rings. The van der Waals surface area contributed by atoms with Crippen molar-refractivity contribution in [1.29, 1.82) is 0 Å². The minimum atomic E-state index is -0.223. The maximum atomic E-state index is 11.8. The van der Waals surface area contributed by atoms with Crippen LogP contribution in [0.1, 0.15) is 27.6 Å². The van der Waals surface area contributed by atoms with Crippen molar-refractivity contribution in [3.05, 3.63) is 47.8 Å². The van der Waals surface area contributed by atoms with Crippen molar-refractivity contribution in [3.8, 4) is 0 Å². The molecule has 1 heterocycles. The monoisotopic (exact) mass is 243 g/mol. The van der Waals surface area contributed by atoms with E-state index in [1.165, 1.54) is 13.1 Å². The first-order valence-corrected chi connectivity index (χ1v) is 5.47. The number of nitrogens with one attached hydrogen (secondary N) is 1. The summed E-state index contributed by atoms with van der Waals surface area (Å²) in [4.78, 5) is 22.9. The van der Waals surface area contributed by atoms with E-state index < -0.39 is 0 Å². The van der Waals surface area contributed by atoms with E-state index in [0.29, 0.717) is 16.8 Å². The van der Waals surface area contributed by atoms with Gasteiger partial charge in [-0.25, -0.2) is 0 Å². The topological polar surface area (TPSA) is 64.0 Å². The van der Waals surface area contributed by atoms with Crippen LogP contribution >= 0.6 is 0 Å². The zero-order valence-corrected chi connectivity index (χ0v) is 10.2. The molecule has 2 aromatic rings. The standard InChI is InChI=1S/C13H13N3O2/c1-9(17)10-3-5-12(6-4-10)15-13(18)11-7-14-16(2)8-11/h3-8H,1-2H3,(H,15,18). The van der Waals surface area contributed by atoms with Gasteiger partial charge in [0.05, 0.1) is 11.8 Å². The zero-order chi connectivity index (χ0) is 13.1. The molecule has 0 radical (unpaired) electrons. The Balaban J connectivity index is 2.10. The second-order valence-electron chi connectivity index (χ2n) is 3.99. The fraction of sp³-hybridized carbons (Fsp3) is 0.154. The first-order chi connectivity index (χ1) is 8.56. The van der Waals surface area contributed by atoms with Gasteiger partial charge in [-0.1, -0.05) is 0 Å². The van der Waals surface area contributed by atoms with Gasteiger partial charge in [0.25, 0.3) is 5.91 Å². The fourth-order valence-corrected chi connectivity index (χ4v) is 1.53. The van der Waals surface area contributed by atoms with Crippen molar-refractivity contribution in [1.82, 2.24) is 9.78 Å². The molecule has 1 aromatic carbocycles. The van der Waals surface area contributed by atoms with E-state index in [9.17, 15) is 9.59 Å². The second-order valence-corrected chi connectivity index (χ2v) is 3.99. The third-order valence-electron chi connectivity index (χ3n) is 2.52. The van der Waals surface area contributed by atoms with Crippen molar-refractivity contribution in [3.63, 3.8) is 0 Å². The van der Waals surface area contributed by atoms with Crippen LogP contribution in [0.25, 0.3) is 0 Å². The van der Waals surface area contributed by atoms with Gasteiger partial charge in [0.2, 0.25) is 0 Å². The number of Topliss-reactive ketones (excluding diaryl/α,β-unsaturated/α-hetero) is 1. The summed E-state index contributed by atoms with van der Waals surface area (Å²) in [7, 11) is 1.75. The molecule has 0 saturated heterocycles. The summed E-state index contributed by atoms with van der Waals surface area (Å²) in [6.07, 6.45) is 3.14. The van der Waals surface area contributed by atoms with Crippen molar-refractivity contribution < 1.29 is 9.59 Å². The van der Waals surface area contributed by atoms with E-state index >= 15 is 0 Å². The molecular formula is C13H13N3O2. The number of carbonyl (C=O) groups is 2. The lowest BCUT2D eigenvalue weighted by Crippen LogP contribution is -2.11. The number of hydrogen-bond acceptors (Lipinski definition) is 3. The average Bonchev–Trinajstić information content (AvgIpc) is 2.76. The highest BCUT2D eigenvalue weighted by atomic mass is 16.1. The number of hydrogen-bond donors (Lipinski definition) is 1. The van der Waals surface area contributed by atoms with E-state index in [2.05, 4.69) is 10.4 Å². The number of benzene rings is 1. The first kappa shape index (κ1) is 12.0. The van der Waals surface area contributed by atoms with Crippen molar-refractivity contribution in [2.24, 2.45) is 7.05 Å². The maximum absolute atomic E-state index is 11.8. The molecular weight excluding hydrogens is 230 g/mol. The SMILES string of the molecule is CC(=O)c1ccc(NC(=O)c2cnn(C)c2)cc1. The van der Waals surface area contributed by atoms with Crippen LogP contribution in [0.15, 0.2) is 36.7 Å². The Bertz CT molecular complexity index is 585. The Hall–Kier alpha value is -2.43. The van der Waals surface area contributed by atoms with Crippen molar-refractivity contribution in [2.45, 2.75) is 6.92 Å². The molecule has 18 heavy (non-hydrogen) atoms. The molecule has 2 rings (SSSR count). The maximum Gasteiger partial charge on any atom is 0.258 e. The van der Waals surface area contributed by atoms with Crippen LogP contribution in [0.2, 0.25) is 0 Å². The summed E-state index contributed by atoms with van der Waals surface area (Å²) in [5.41, 5.74) is 1.76. The molecule has 0 bridgehead atoms. The van der Waals surface area contributed by atoms with Gasteiger partial charge in [-0.05, 0) is 31.2 Å². The molecule has 92 valence electrons. The van der Waals surface area contributed by atoms with E-state index in [0.717, 1.165) is 0 Å². The highest BCUT2D eigenvalue weighted by molar-refractivity contribution is 6.04. The third-order valence-corrected chi connectivity index (χ3v) is 2.52. The molecule has 5 heteroatoms. The van der Waals surface area contributed by atoms with Crippen LogP contribution in [0, 0.1) is 0 Å². The number of ketones is 1. The molecule has 0 spiro atoms. The lowest BCUT2D eigenvalue weighted by Gasteiger charge is -2.03. The van der Waals surface area contributed by atoms with E-state index in [4.69, 9.17) is 0 Å². The van der Waals surface area contributed by atoms with Gasteiger partial charge >= 0.3 is 0 Å². The molecule has 0 aliphatic heterocycles. The van der Waals surface area contributed by atoms with Gasteiger partial charge in [-0.3, -0.25) is 14.3 Å². The third kappa shape index (κ3) is 2.63. The zero-order valence-electron chi connectivity index (χ0n) is 10.2. The molecule has 1 aromatic heterocycles. The summed E-state index contributed by atoms with van der Waals surface area (Å²) in [5.74, 6) is -0.223. The van der Waals surface area contributed by atoms with Gasteiger partial charge in [-0.15, -0.1) is 0 Å². The van der Waals surface area contributed by atoms with Crippen LogP contribution in [0.5, 0.6) is 0 Å². The Kier molecular flexibility index (Phi) is 3.23. The Morgan fingerprint density at radius 2 is 1.83 bits per heavy atom. The van der Waals surface area contributed by atoms with Crippen molar-refractivity contribution >= 4 is 17.4 Å². The highest BCUT2D eigenvalue weighted by Gasteiger charge is 2.08. The Labute approximate surface area is 104 Å². The fourth-order valence-electron chi connectivity index (χ4n) is 1.53. The quantitative estimate of drug-likeness (QED) is 0.837. The van der Waals surface area contributed by atoms with E-state index in [-0.39, 0.29) is 11.7 Å². The minimum absolute atomic E-state index is 0.000126. The number of rotatable bonds is 3. The molecule has 0 unspecified atom stereocenters. The molecule has 1 N–H and O–H groups in total. The summed E-state index contributed by atoms with van der Waals surface area (Å²) in [6, 6.07) is 6.76. The number of nitrogens with zero attached hydrogens (tertiary/aromatic N) is 2. The van der Waals surface area contributed by atoms with Crippen LogP contribution in [0.3, 0.4) is 0 Å². The molecule has 0 aliphatic rings. The summed E-state index contributed by atoms with van der Waals surface area (Å²) in [5, 5.41) is 6.66. The van der Waals surface area contributed by atoms with Gasteiger partial charge in [0.1, 0.15) is 0 Å². The predicted molar refractivity (Wildman–Crippen MR) is 67.6 cm³/mol. The number of aryl methyl sites for hydroxylation is 1. The predicted octanol–water partition coefficient (Wildman–Crippen LogP) is 1.88. The molecule has 0 atom stereocenters. The lowest BCUT2D eigenvalue weighted by molar-refractivity contribution is 0.101. The van der Waals surface area contributed by atoms with Gasteiger partial charge < -0.3 is 5.32 Å². The largest absolute Gasteiger partial charge is 0.322 e. The van der Waals surface area contributed by atoms with Crippen LogP contribution in [0.4, 0.5) is 5.69 Å². The van der Waals surface area contributed by atoms with Crippen LogP contribution < -0.4 is 5.32 Å². The number of amides is 1. The highest BCUT2D eigenvalue weighted by Crippen LogP contribution is 2.11. The Morgan fingerprint density at radius 3 is 2.33 bits per heavy atom. The number of anilines is 1. The first-order valence-electron chi connectivity index (χ1n) is 5.47. The van der Waals surface area contributed by atoms with Gasteiger partial charge in [0, 0.05) is 24.5 Å². The molecule has 5 nitrogen and oxygen atoms in total. The van der Waals surface area contributed by atoms with Gasteiger partial charge in [0.15, 0.2) is 5.78 Å². The van der Waals surface area contributed by atoms with Crippen LogP contribution in [-0.2, 0) is 7.05 Å². The van der Waals surface area contributed by atoms with E-state index in [1.54, 1.807) is 42.2 Å². The van der Waals surface area contributed by atoms with Crippen molar-refractivity contribution in [2.75, 3.05) is 5.32 Å². The smallest absolute Gasteiger partial charge is 0.258 e. The minimum Gasteiger partial charge on any atom is -0.322 e. The van der Waals surface area contributed by atoms with Crippen LogP contribution in [-0.4, -0.2) is 21.5 Å². The Morgan fingerprint density at radius 1 is 1.17 bits per heavy atom. The number of carbonyl (C=O) groups excluding carboxylic acids is 2. The van der Waals surface area contributed by atoms with E-state index in [1.807, 2.05) is 0 Å². The molecule has 0 aliphatic carbocycles. The summed E-state index contributed by atoms with van der Waals surface area (Å²) >= 11 is 0. The number of aromatic nitrogens is 2. The summed E-state index contributed by atoms with van der Waals surface area (Å²) < 4.78 is 1.56. The molecule has 1 amide bonds.